The second-order valence-corrected chi connectivity index (χ2v) is 12.1. The van der Waals surface area contributed by atoms with Crippen LogP contribution in [0.25, 0.3) is 0 Å². The second kappa shape index (κ2) is 8.84. The van der Waals surface area contributed by atoms with Crippen LogP contribution in [0.5, 0.6) is 0 Å². The summed E-state index contributed by atoms with van der Waals surface area (Å²) in [6.07, 6.45) is 8.69. The number of carboxylic acids is 1. The van der Waals surface area contributed by atoms with E-state index in [-0.39, 0.29) is 11.6 Å². The maximum atomic E-state index is 12.1. The molecule has 0 spiro atoms. The summed E-state index contributed by atoms with van der Waals surface area (Å²) < 4.78 is 0. The van der Waals surface area contributed by atoms with E-state index in [1.54, 1.807) is 0 Å². The van der Waals surface area contributed by atoms with Crippen LogP contribution in [-0.2, 0) is 4.79 Å². The number of likely N-dealkylation sites (tertiary alicyclic amines) is 1. The lowest BCUT2D eigenvalue weighted by molar-refractivity contribution is -0.166. The van der Waals surface area contributed by atoms with Gasteiger partial charge in [-0.1, -0.05) is 23.7 Å². The Morgan fingerprint density at radius 3 is 2.35 bits per heavy atom. The van der Waals surface area contributed by atoms with Gasteiger partial charge in [-0.15, -0.1) is 0 Å². The molecule has 5 aliphatic rings. The van der Waals surface area contributed by atoms with Crippen molar-refractivity contribution in [2.75, 3.05) is 13.1 Å². The Kier molecular flexibility index (Phi) is 6.14. The third-order valence-corrected chi connectivity index (χ3v) is 9.65. The fraction of sp³-hybridized carbons (Fsp3) is 0.667. The van der Waals surface area contributed by atoms with E-state index in [4.69, 9.17) is 11.6 Å². The zero-order valence-electron chi connectivity index (χ0n) is 20.1. The van der Waals surface area contributed by atoms with Crippen LogP contribution in [0.15, 0.2) is 29.3 Å². The smallest absolute Gasteiger partial charge is 0.309 e. The summed E-state index contributed by atoms with van der Waals surface area (Å²) in [6, 6.07) is 8.41. The molecule has 1 aliphatic heterocycles. The normalized spacial score (nSPS) is 34.1. The minimum atomic E-state index is -0.611. The number of hydrogen-bond donors (Lipinski definition) is 2. The number of carbonyl (C=O) groups is 1. The molecular formula is C27H35ClN4O2. The van der Waals surface area contributed by atoms with Crippen molar-refractivity contribution < 1.29 is 9.90 Å². The largest absolute Gasteiger partial charge is 0.481 e. The molecule has 6 nitrogen and oxygen atoms in total. The third kappa shape index (κ3) is 4.12. The number of piperidine rings is 1. The minimum absolute atomic E-state index is 0.210. The van der Waals surface area contributed by atoms with Crippen molar-refractivity contribution in [2.24, 2.45) is 28.2 Å². The van der Waals surface area contributed by atoms with Gasteiger partial charge in [-0.25, -0.2) is 0 Å². The first-order valence-electron chi connectivity index (χ1n) is 12.7. The van der Waals surface area contributed by atoms with Crippen molar-refractivity contribution in [3.63, 3.8) is 0 Å². The summed E-state index contributed by atoms with van der Waals surface area (Å²) in [4.78, 5) is 18.8. The van der Waals surface area contributed by atoms with Crippen LogP contribution >= 0.6 is 11.6 Å². The number of amidine groups is 1. The van der Waals surface area contributed by atoms with Crippen LogP contribution < -0.4 is 5.32 Å². The number of nitrogens with zero attached hydrogens (tertiary/aromatic N) is 3. The van der Waals surface area contributed by atoms with Crippen LogP contribution in [0.4, 0.5) is 0 Å². The molecule has 1 heterocycles. The molecule has 2 N–H and O–H groups in total. The summed E-state index contributed by atoms with van der Waals surface area (Å²) in [5, 5.41) is 24.0. The molecular weight excluding hydrogens is 448 g/mol. The van der Waals surface area contributed by atoms with E-state index in [1.165, 1.54) is 5.56 Å². The molecule has 6 rings (SSSR count). The molecule has 7 heteroatoms. The van der Waals surface area contributed by atoms with E-state index < -0.39 is 11.4 Å². The molecule has 2 unspecified atom stereocenters. The van der Waals surface area contributed by atoms with Crippen LogP contribution in [-0.4, -0.2) is 46.5 Å². The molecule has 0 aromatic heterocycles. The zero-order chi connectivity index (χ0) is 24.1. The lowest BCUT2D eigenvalue weighted by Crippen LogP contribution is -2.65. The Balaban J connectivity index is 1.28. The van der Waals surface area contributed by atoms with Crippen molar-refractivity contribution >= 4 is 23.4 Å². The Morgan fingerprint density at radius 1 is 1.18 bits per heavy atom. The highest BCUT2D eigenvalue weighted by atomic mass is 35.5. The maximum Gasteiger partial charge on any atom is 0.309 e. The van der Waals surface area contributed by atoms with Crippen LogP contribution in [0.3, 0.4) is 0 Å². The highest BCUT2D eigenvalue weighted by molar-refractivity contribution is 6.30. The van der Waals surface area contributed by atoms with E-state index in [1.807, 2.05) is 18.3 Å². The number of halogens is 1. The molecule has 34 heavy (non-hydrogen) atoms. The monoisotopic (exact) mass is 482 g/mol. The van der Waals surface area contributed by atoms with Gasteiger partial charge in [0.1, 0.15) is 5.84 Å². The Labute approximate surface area is 207 Å². The van der Waals surface area contributed by atoms with E-state index in [0.29, 0.717) is 23.7 Å². The van der Waals surface area contributed by atoms with E-state index in [0.717, 1.165) is 68.9 Å². The number of benzene rings is 1. The lowest BCUT2D eigenvalue weighted by Gasteiger charge is -2.59. The van der Waals surface area contributed by atoms with Gasteiger partial charge >= 0.3 is 5.97 Å². The Morgan fingerprint density at radius 2 is 1.79 bits per heavy atom. The fourth-order valence-electron chi connectivity index (χ4n) is 7.73. The van der Waals surface area contributed by atoms with E-state index in [9.17, 15) is 15.2 Å². The fourth-order valence-corrected chi connectivity index (χ4v) is 7.86. The zero-order valence-corrected chi connectivity index (χ0v) is 20.9. The topological polar surface area (TPSA) is 88.7 Å². The highest BCUT2D eigenvalue weighted by Crippen LogP contribution is 2.60. The molecule has 4 aliphatic carbocycles. The SMILES string of the molecule is CC(C)(/C(=N/C#N)NC1C2CC3CC1CC(C(=O)O)(C3)C2)N1CCC(c2ccc(Cl)cc2)CC1. The summed E-state index contributed by atoms with van der Waals surface area (Å²) in [6.45, 7) is 6.20. The number of hydrogen-bond acceptors (Lipinski definition) is 4. The van der Waals surface area contributed by atoms with Gasteiger partial charge in [-0.2, -0.15) is 10.3 Å². The van der Waals surface area contributed by atoms with Crippen LogP contribution in [0, 0.1) is 34.6 Å². The quantitative estimate of drug-likeness (QED) is 0.348. The first-order valence-corrected chi connectivity index (χ1v) is 13.1. The summed E-state index contributed by atoms with van der Waals surface area (Å²) in [5.74, 6) is 1.87. The first-order chi connectivity index (χ1) is 16.2. The summed E-state index contributed by atoms with van der Waals surface area (Å²) in [7, 11) is 0. The molecule has 2 atom stereocenters. The van der Waals surface area contributed by atoms with Gasteiger partial charge in [0, 0.05) is 11.1 Å². The first kappa shape index (κ1) is 23.6. The average molecular weight is 483 g/mol. The van der Waals surface area contributed by atoms with Gasteiger partial charge in [0.25, 0.3) is 0 Å². The van der Waals surface area contributed by atoms with Crippen molar-refractivity contribution in [1.82, 2.24) is 10.2 Å². The third-order valence-electron chi connectivity index (χ3n) is 9.40. The van der Waals surface area contributed by atoms with E-state index >= 15 is 0 Å². The summed E-state index contributed by atoms with van der Waals surface area (Å²) >= 11 is 6.06. The molecule has 1 aromatic carbocycles. The maximum absolute atomic E-state index is 12.1. The standard InChI is InChI=1S/C27H35ClN4O2/c1-26(2,32-9-7-19(8-10-32)18-3-5-22(28)6-4-18)24(30-16-29)31-23-20-11-17-12-21(23)15-27(13-17,14-20)25(33)34/h3-6,17,19-21,23H,7-15H2,1-2H3,(H,30,31)(H,33,34). The Hall–Kier alpha value is -2.10. The molecule has 1 saturated heterocycles. The summed E-state index contributed by atoms with van der Waals surface area (Å²) in [5.41, 5.74) is 0.423. The van der Waals surface area contributed by atoms with Crippen molar-refractivity contribution in [1.29, 1.82) is 5.26 Å². The minimum Gasteiger partial charge on any atom is -0.481 e. The number of nitriles is 1. The van der Waals surface area contributed by atoms with Crippen LogP contribution in [0.2, 0.25) is 5.02 Å². The van der Waals surface area contributed by atoms with E-state index in [2.05, 4.69) is 41.2 Å². The van der Waals surface area contributed by atoms with Crippen molar-refractivity contribution in [3.8, 4) is 6.19 Å². The van der Waals surface area contributed by atoms with Gasteiger partial charge in [-0.05, 0) is 113 Å². The van der Waals surface area contributed by atoms with Crippen molar-refractivity contribution in [2.45, 2.75) is 76.3 Å². The van der Waals surface area contributed by atoms with Gasteiger partial charge in [-0.3, -0.25) is 9.69 Å². The molecule has 0 amide bonds. The van der Waals surface area contributed by atoms with Crippen LogP contribution in [0.1, 0.15) is 70.3 Å². The lowest BCUT2D eigenvalue weighted by atomic mass is 9.48. The number of carboxylic acid groups (broad SMARTS) is 1. The van der Waals surface area contributed by atoms with Gasteiger partial charge < -0.3 is 10.4 Å². The van der Waals surface area contributed by atoms with Gasteiger partial charge in [0.15, 0.2) is 0 Å². The molecule has 182 valence electrons. The molecule has 5 fully saturated rings. The highest BCUT2D eigenvalue weighted by Gasteiger charge is 2.59. The number of aliphatic imine (C=N–C) groups is 1. The number of aliphatic carboxylic acids is 1. The number of rotatable bonds is 5. The molecule has 0 radical (unpaired) electrons. The Bertz CT molecular complexity index is 990. The number of nitrogens with one attached hydrogen (secondary N) is 1. The second-order valence-electron chi connectivity index (χ2n) is 11.7. The van der Waals surface area contributed by atoms with Crippen molar-refractivity contribution in [3.05, 3.63) is 34.9 Å². The molecule has 4 saturated carbocycles. The predicted molar refractivity (Wildman–Crippen MR) is 133 cm³/mol. The average Bonchev–Trinajstić information content (AvgIpc) is 2.81. The van der Waals surface area contributed by atoms with Gasteiger partial charge in [0.05, 0.1) is 11.0 Å². The molecule has 4 bridgehead atoms. The predicted octanol–water partition coefficient (Wildman–Crippen LogP) is 5.05. The van der Waals surface area contributed by atoms with Gasteiger partial charge in [0.2, 0.25) is 6.19 Å². The molecule has 1 aromatic rings.